The summed E-state index contributed by atoms with van der Waals surface area (Å²) in [4.78, 5) is 26.0. The van der Waals surface area contributed by atoms with Crippen LogP contribution in [0.25, 0.3) is 0 Å². The Morgan fingerprint density at radius 1 is 1.29 bits per heavy atom. The highest BCUT2D eigenvalue weighted by Crippen LogP contribution is 2.32. The van der Waals surface area contributed by atoms with Crippen LogP contribution in [0.2, 0.25) is 0 Å². The van der Waals surface area contributed by atoms with Gasteiger partial charge in [0, 0.05) is 12.5 Å². The van der Waals surface area contributed by atoms with Gasteiger partial charge in [0.05, 0.1) is 6.54 Å². The van der Waals surface area contributed by atoms with E-state index in [1.54, 1.807) is 4.90 Å². The van der Waals surface area contributed by atoms with Crippen molar-refractivity contribution in [3.63, 3.8) is 0 Å². The molecule has 4 heteroatoms. The van der Waals surface area contributed by atoms with Crippen LogP contribution in [0.3, 0.4) is 0 Å². The number of carbonyl (C=O) groups excluding carboxylic acids is 2. The summed E-state index contributed by atoms with van der Waals surface area (Å²) in [5.74, 6) is 0.393. The number of hydrogen-bond donors (Lipinski definition) is 1. The summed E-state index contributed by atoms with van der Waals surface area (Å²) in [5, 5.41) is 2.69. The van der Waals surface area contributed by atoms with Gasteiger partial charge in [-0.25, -0.2) is 0 Å². The van der Waals surface area contributed by atoms with Gasteiger partial charge in [-0.1, -0.05) is 31.2 Å². The lowest BCUT2D eigenvalue weighted by Gasteiger charge is -2.38. The molecule has 2 aliphatic rings. The molecule has 1 heterocycles. The minimum atomic E-state index is -0.305. The smallest absolute Gasteiger partial charge is 0.243 e. The Bertz CT molecular complexity index is 555. The molecule has 0 spiro atoms. The molecule has 1 N–H and O–H groups in total. The predicted molar refractivity (Wildman–Crippen MR) is 80.9 cm³/mol. The number of fused-ring (bicyclic) bond motifs is 1. The Kier molecular flexibility index (Phi) is 3.95. The van der Waals surface area contributed by atoms with Crippen LogP contribution in [0.1, 0.15) is 43.2 Å². The highest BCUT2D eigenvalue weighted by Gasteiger charge is 2.35. The van der Waals surface area contributed by atoms with Crippen molar-refractivity contribution in [1.29, 1.82) is 0 Å². The number of piperazine rings is 1. The molecule has 1 aromatic rings. The summed E-state index contributed by atoms with van der Waals surface area (Å²) in [7, 11) is 0. The van der Waals surface area contributed by atoms with Gasteiger partial charge in [0.1, 0.15) is 6.04 Å². The third-order valence-electron chi connectivity index (χ3n) is 4.71. The van der Waals surface area contributed by atoms with Crippen LogP contribution >= 0.6 is 0 Å². The molecule has 3 rings (SSSR count). The molecule has 0 radical (unpaired) electrons. The van der Waals surface area contributed by atoms with E-state index in [2.05, 4.69) is 29.6 Å². The Balaban J connectivity index is 1.82. The Morgan fingerprint density at radius 3 is 2.90 bits per heavy atom. The molecule has 2 atom stereocenters. The standard InChI is InChI=1S/C17H22N2O2/c1-2-15-17(21)18-10-16(20)19(15)11-13-8-5-7-12-6-3-4-9-14(12)13/h3-4,6,9,13,15H,2,5,7-8,10-11H2,1H3,(H,18,21). The fourth-order valence-corrected chi connectivity index (χ4v) is 3.61. The van der Waals surface area contributed by atoms with Crippen LogP contribution in [0.15, 0.2) is 24.3 Å². The molecule has 1 aromatic carbocycles. The quantitative estimate of drug-likeness (QED) is 0.922. The summed E-state index contributed by atoms with van der Waals surface area (Å²) in [6.45, 7) is 2.77. The lowest BCUT2D eigenvalue weighted by molar-refractivity contribution is -0.146. The van der Waals surface area contributed by atoms with Gasteiger partial charge < -0.3 is 10.2 Å². The number of rotatable bonds is 3. The van der Waals surface area contributed by atoms with E-state index in [0.29, 0.717) is 18.9 Å². The molecule has 0 saturated carbocycles. The van der Waals surface area contributed by atoms with E-state index in [4.69, 9.17) is 0 Å². The molecule has 21 heavy (non-hydrogen) atoms. The molecular weight excluding hydrogens is 264 g/mol. The van der Waals surface area contributed by atoms with E-state index in [-0.39, 0.29) is 24.4 Å². The van der Waals surface area contributed by atoms with Crippen molar-refractivity contribution < 1.29 is 9.59 Å². The summed E-state index contributed by atoms with van der Waals surface area (Å²) in [6.07, 6.45) is 4.05. The Labute approximate surface area is 125 Å². The van der Waals surface area contributed by atoms with E-state index in [1.165, 1.54) is 11.1 Å². The normalized spacial score (nSPS) is 25.5. The molecule has 1 saturated heterocycles. The average Bonchev–Trinajstić information content (AvgIpc) is 2.51. The third-order valence-corrected chi connectivity index (χ3v) is 4.71. The number of nitrogens with one attached hydrogen (secondary N) is 1. The zero-order valence-corrected chi connectivity index (χ0v) is 12.5. The van der Waals surface area contributed by atoms with Gasteiger partial charge >= 0.3 is 0 Å². The highest BCUT2D eigenvalue weighted by molar-refractivity contribution is 5.94. The summed E-state index contributed by atoms with van der Waals surface area (Å²) in [5.41, 5.74) is 2.76. The number of carbonyl (C=O) groups is 2. The number of aryl methyl sites for hydroxylation is 1. The predicted octanol–water partition coefficient (Wildman–Crippen LogP) is 1.84. The third kappa shape index (κ3) is 2.67. The van der Waals surface area contributed by atoms with Gasteiger partial charge in [-0.3, -0.25) is 9.59 Å². The second kappa shape index (κ2) is 5.88. The van der Waals surface area contributed by atoms with Gasteiger partial charge in [0.15, 0.2) is 0 Å². The summed E-state index contributed by atoms with van der Waals surface area (Å²) in [6, 6.07) is 8.20. The molecule has 4 nitrogen and oxygen atoms in total. The van der Waals surface area contributed by atoms with Crippen LogP contribution < -0.4 is 5.32 Å². The molecule has 2 unspecified atom stereocenters. The Hall–Kier alpha value is -1.84. The topological polar surface area (TPSA) is 49.4 Å². The molecule has 0 bridgehead atoms. The molecular formula is C17H22N2O2. The number of amides is 2. The van der Waals surface area contributed by atoms with Crippen LogP contribution in [0.4, 0.5) is 0 Å². The SMILES string of the molecule is CCC1C(=O)NCC(=O)N1CC1CCCc2ccccc21. The van der Waals surface area contributed by atoms with Crippen LogP contribution in [0.5, 0.6) is 0 Å². The Morgan fingerprint density at radius 2 is 2.10 bits per heavy atom. The molecule has 1 aliphatic carbocycles. The van der Waals surface area contributed by atoms with Gasteiger partial charge in [-0.2, -0.15) is 0 Å². The highest BCUT2D eigenvalue weighted by atomic mass is 16.2. The second-order valence-corrected chi connectivity index (χ2v) is 5.98. The van der Waals surface area contributed by atoms with Crippen LogP contribution in [-0.4, -0.2) is 35.8 Å². The van der Waals surface area contributed by atoms with Crippen molar-refractivity contribution in [3.8, 4) is 0 Å². The average molecular weight is 286 g/mol. The van der Waals surface area contributed by atoms with Crippen molar-refractivity contribution in [1.82, 2.24) is 10.2 Å². The number of nitrogens with zero attached hydrogens (tertiary/aromatic N) is 1. The molecule has 1 aliphatic heterocycles. The number of benzene rings is 1. The zero-order valence-electron chi connectivity index (χ0n) is 12.5. The largest absolute Gasteiger partial charge is 0.345 e. The van der Waals surface area contributed by atoms with E-state index >= 15 is 0 Å². The van der Waals surface area contributed by atoms with E-state index in [0.717, 1.165) is 19.3 Å². The maximum Gasteiger partial charge on any atom is 0.243 e. The fraction of sp³-hybridized carbons (Fsp3) is 0.529. The van der Waals surface area contributed by atoms with Gasteiger partial charge in [-0.05, 0) is 36.8 Å². The first-order valence-electron chi connectivity index (χ1n) is 7.85. The molecule has 2 amide bonds. The second-order valence-electron chi connectivity index (χ2n) is 5.98. The molecule has 0 aromatic heterocycles. The van der Waals surface area contributed by atoms with Crippen molar-refractivity contribution in [2.45, 2.75) is 44.6 Å². The van der Waals surface area contributed by atoms with E-state index in [1.807, 2.05) is 6.92 Å². The first kappa shape index (κ1) is 14.1. The fourth-order valence-electron chi connectivity index (χ4n) is 3.61. The van der Waals surface area contributed by atoms with Crippen molar-refractivity contribution >= 4 is 11.8 Å². The molecule has 112 valence electrons. The monoisotopic (exact) mass is 286 g/mol. The summed E-state index contributed by atoms with van der Waals surface area (Å²) >= 11 is 0. The summed E-state index contributed by atoms with van der Waals surface area (Å²) < 4.78 is 0. The zero-order chi connectivity index (χ0) is 14.8. The van der Waals surface area contributed by atoms with E-state index < -0.39 is 0 Å². The van der Waals surface area contributed by atoms with E-state index in [9.17, 15) is 9.59 Å². The van der Waals surface area contributed by atoms with Crippen molar-refractivity contribution in [2.75, 3.05) is 13.1 Å². The van der Waals surface area contributed by atoms with Crippen molar-refractivity contribution in [2.24, 2.45) is 0 Å². The van der Waals surface area contributed by atoms with Crippen molar-refractivity contribution in [3.05, 3.63) is 35.4 Å². The minimum Gasteiger partial charge on any atom is -0.345 e. The molecule has 1 fully saturated rings. The van der Waals surface area contributed by atoms with Gasteiger partial charge in [-0.15, -0.1) is 0 Å². The van der Waals surface area contributed by atoms with Crippen LogP contribution in [-0.2, 0) is 16.0 Å². The van der Waals surface area contributed by atoms with Gasteiger partial charge in [0.25, 0.3) is 0 Å². The lowest BCUT2D eigenvalue weighted by atomic mass is 9.82. The first-order valence-corrected chi connectivity index (χ1v) is 7.85. The maximum atomic E-state index is 12.2. The van der Waals surface area contributed by atoms with Crippen LogP contribution in [0, 0.1) is 0 Å². The minimum absolute atomic E-state index is 0.0128. The van der Waals surface area contributed by atoms with Gasteiger partial charge in [0.2, 0.25) is 11.8 Å². The first-order chi connectivity index (χ1) is 10.2. The number of hydrogen-bond acceptors (Lipinski definition) is 2. The maximum absolute atomic E-state index is 12.2. The lowest BCUT2D eigenvalue weighted by Crippen LogP contribution is -2.59.